The molecule has 5 nitrogen and oxygen atoms in total. The Morgan fingerprint density at radius 2 is 0.642 bits per heavy atom. The fourth-order valence-corrected chi connectivity index (χ4v) is 9.68. The van der Waals surface area contributed by atoms with E-state index in [2.05, 4.69) is 201 Å². The van der Waals surface area contributed by atoms with Crippen LogP contribution in [0.4, 0.5) is 17.1 Å². The van der Waals surface area contributed by atoms with Crippen molar-refractivity contribution < 1.29 is 0 Å². The summed E-state index contributed by atoms with van der Waals surface area (Å²) in [5.41, 5.74) is 16.1. The van der Waals surface area contributed by atoms with Crippen LogP contribution in [0.3, 0.4) is 0 Å². The highest BCUT2D eigenvalue weighted by atomic mass is 15.1. The minimum absolute atomic E-state index is 0.990. The number of anilines is 3. The van der Waals surface area contributed by atoms with Gasteiger partial charge in [0, 0.05) is 88.9 Å². The molecule has 12 aromatic rings. The van der Waals surface area contributed by atoms with E-state index in [1.54, 1.807) is 0 Å². The van der Waals surface area contributed by atoms with Gasteiger partial charge in [0.1, 0.15) is 0 Å². The smallest absolute Gasteiger partial charge is 0.0474 e. The van der Waals surface area contributed by atoms with Gasteiger partial charge in [0.15, 0.2) is 0 Å². The summed E-state index contributed by atoms with van der Waals surface area (Å²) >= 11 is 0. The van der Waals surface area contributed by atoms with E-state index in [0.717, 1.165) is 67.1 Å². The predicted octanol–water partition coefficient (Wildman–Crippen LogP) is 16.2. The first-order chi connectivity index (χ1) is 33.2. The zero-order chi connectivity index (χ0) is 44.5. The molecule has 0 spiro atoms. The number of pyridine rings is 4. The van der Waals surface area contributed by atoms with Crippen LogP contribution in [0, 0.1) is 0 Å². The van der Waals surface area contributed by atoms with Gasteiger partial charge >= 0.3 is 0 Å². The van der Waals surface area contributed by atoms with Gasteiger partial charge in [0.25, 0.3) is 0 Å². The van der Waals surface area contributed by atoms with Crippen molar-refractivity contribution in [3.63, 3.8) is 0 Å². The number of nitrogens with zero attached hydrogens (tertiary/aromatic N) is 5. The molecule has 5 heteroatoms. The number of hydrogen-bond acceptors (Lipinski definition) is 5. The highest BCUT2D eigenvalue weighted by Crippen LogP contribution is 2.47. The molecule has 0 saturated carbocycles. The lowest BCUT2D eigenvalue weighted by atomic mass is 9.85. The quantitative estimate of drug-likeness (QED) is 0.135. The monoisotopic (exact) mass is 855 g/mol. The van der Waals surface area contributed by atoms with Crippen LogP contribution < -0.4 is 4.90 Å². The molecular formula is C62H41N5. The molecule has 0 N–H and O–H groups in total. The molecule has 0 bridgehead atoms. The largest absolute Gasteiger partial charge is 0.310 e. The summed E-state index contributed by atoms with van der Waals surface area (Å²) in [6.45, 7) is 0. The zero-order valence-corrected chi connectivity index (χ0v) is 36.4. The third-order valence-electron chi connectivity index (χ3n) is 12.7. The van der Waals surface area contributed by atoms with Crippen molar-refractivity contribution in [3.05, 3.63) is 250 Å². The van der Waals surface area contributed by atoms with Crippen molar-refractivity contribution in [3.8, 4) is 66.8 Å². The Bertz CT molecular complexity index is 3420. The third-order valence-corrected chi connectivity index (χ3v) is 12.7. The van der Waals surface area contributed by atoms with E-state index < -0.39 is 0 Å². The van der Waals surface area contributed by atoms with Crippen LogP contribution in [-0.2, 0) is 0 Å². The average Bonchev–Trinajstić information content (AvgIpc) is 3.41. The van der Waals surface area contributed by atoms with Crippen molar-refractivity contribution in [1.29, 1.82) is 0 Å². The summed E-state index contributed by atoms with van der Waals surface area (Å²) < 4.78 is 0. The molecule has 314 valence electrons. The van der Waals surface area contributed by atoms with Gasteiger partial charge in [-0.2, -0.15) is 0 Å². The molecule has 4 aromatic heterocycles. The van der Waals surface area contributed by atoms with Gasteiger partial charge in [-0.15, -0.1) is 0 Å². The minimum atomic E-state index is 0.990. The first kappa shape index (κ1) is 39.5. The summed E-state index contributed by atoms with van der Waals surface area (Å²) in [6, 6.07) is 72.1. The average molecular weight is 856 g/mol. The van der Waals surface area contributed by atoms with E-state index in [4.69, 9.17) is 0 Å². The van der Waals surface area contributed by atoms with E-state index in [1.165, 1.54) is 49.0 Å². The summed E-state index contributed by atoms with van der Waals surface area (Å²) in [7, 11) is 0. The first-order valence-corrected chi connectivity index (χ1v) is 22.5. The SMILES string of the molecule is c1cncc(-c2cc(-c3cccnc3)cc(N(c3ccc(-c4c5ccccc5c(-c5cccc6ccccc56)c5ccccc45)cc3)c3cc(-c4cccnc4)cc(-c4cccnc4)c3)c2)c1. The fraction of sp³-hybridized carbons (Fsp3) is 0. The summed E-state index contributed by atoms with van der Waals surface area (Å²) in [4.78, 5) is 20.5. The second kappa shape index (κ2) is 17.1. The van der Waals surface area contributed by atoms with Gasteiger partial charge in [0.05, 0.1) is 0 Å². The van der Waals surface area contributed by atoms with Crippen molar-refractivity contribution >= 4 is 49.4 Å². The summed E-state index contributed by atoms with van der Waals surface area (Å²) in [6.07, 6.45) is 15.0. The Balaban J connectivity index is 1.09. The van der Waals surface area contributed by atoms with Crippen LogP contribution in [0.2, 0.25) is 0 Å². The molecule has 0 aliphatic heterocycles. The van der Waals surface area contributed by atoms with E-state index in [0.29, 0.717) is 0 Å². The van der Waals surface area contributed by atoms with Crippen LogP contribution >= 0.6 is 0 Å². The van der Waals surface area contributed by atoms with Crippen molar-refractivity contribution in [2.75, 3.05) is 4.90 Å². The van der Waals surface area contributed by atoms with E-state index in [1.807, 2.05) is 73.8 Å². The van der Waals surface area contributed by atoms with Crippen molar-refractivity contribution in [2.24, 2.45) is 0 Å². The van der Waals surface area contributed by atoms with Gasteiger partial charge in [-0.3, -0.25) is 19.9 Å². The maximum Gasteiger partial charge on any atom is 0.0474 e. The molecule has 0 aliphatic rings. The molecule has 0 unspecified atom stereocenters. The molecule has 12 rings (SSSR count). The lowest BCUT2D eigenvalue weighted by molar-refractivity contribution is 1.27. The molecule has 0 aliphatic carbocycles. The van der Waals surface area contributed by atoms with Gasteiger partial charge in [-0.25, -0.2) is 0 Å². The summed E-state index contributed by atoms with van der Waals surface area (Å²) in [5, 5.41) is 7.35. The lowest BCUT2D eigenvalue weighted by Crippen LogP contribution is -2.11. The fourth-order valence-electron chi connectivity index (χ4n) is 9.68. The Morgan fingerprint density at radius 3 is 1.06 bits per heavy atom. The van der Waals surface area contributed by atoms with Gasteiger partial charge in [-0.1, -0.05) is 127 Å². The molecule has 0 atom stereocenters. The van der Waals surface area contributed by atoms with Gasteiger partial charge in [-0.05, 0) is 150 Å². The minimum Gasteiger partial charge on any atom is -0.310 e. The second-order valence-electron chi connectivity index (χ2n) is 16.8. The number of fused-ring (bicyclic) bond motifs is 3. The standard InChI is InChI=1S/C62H41N5/c1-2-18-55-42(12-1)13-7-23-56(55)62-59-21-5-3-19-57(59)61(58-20-4-6-22-60(58)62)43-24-26-52(27-25-43)67(53-34-48(44-14-8-28-63-38-44)32-49(35-53)45-15-9-29-64-39-45)54-36-50(46-16-10-30-65-40-46)33-51(37-54)47-17-11-31-66-41-47/h1-41H. The van der Waals surface area contributed by atoms with Crippen LogP contribution in [0.5, 0.6) is 0 Å². The number of aromatic nitrogens is 4. The topological polar surface area (TPSA) is 54.8 Å². The molecule has 8 aromatic carbocycles. The molecule has 4 heterocycles. The van der Waals surface area contributed by atoms with E-state index >= 15 is 0 Å². The molecule has 67 heavy (non-hydrogen) atoms. The Hall–Kier alpha value is -9.06. The van der Waals surface area contributed by atoms with Crippen molar-refractivity contribution in [2.45, 2.75) is 0 Å². The van der Waals surface area contributed by atoms with Crippen molar-refractivity contribution in [1.82, 2.24) is 19.9 Å². The Morgan fingerprint density at radius 1 is 0.254 bits per heavy atom. The van der Waals surface area contributed by atoms with Crippen LogP contribution in [-0.4, -0.2) is 19.9 Å². The van der Waals surface area contributed by atoms with Crippen LogP contribution in [0.15, 0.2) is 250 Å². The molecular weight excluding hydrogens is 815 g/mol. The molecule has 0 fully saturated rings. The third kappa shape index (κ3) is 7.44. The second-order valence-corrected chi connectivity index (χ2v) is 16.8. The summed E-state index contributed by atoms with van der Waals surface area (Å²) in [5.74, 6) is 0. The molecule has 0 amide bonds. The maximum absolute atomic E-state index is 4.52. The number of benzene rings is 8. The van der Waals surface area contributed by atoms with Gasteiger partial charge in [0.2, 0.25) is 0 Å². The lowest BCUT2D eigenvalue weighted by Gasteiger charge is -2.28. The molecule has 0 saturated heterocycles. The molecule has 0 radical (unpaired) electrons. The van der Waals surface area contributed by atoms with Gasteiger partial charge < -0.3 is 4.90 Å². The maximum atomic E-state index is 4.52. The first-order valence-electron chi connectivity index (χ1n) is 22.5. The zero-order valence-electron chi connectivity index (χ0n) is 36.4. The number of hydrogen-bond donors (Lipinski definition) is 0. The Kier molecular flexibility index (Phi) is 10.1. The van der Waals surface area contributed by atoms with E-state index in [-0.39, 0.29) is 0 Å². The van der Waals surface area contributed by atoms with E-state index in [9.17, 15) is 0 Å². The number of rotatable bonds is 9. The van der Waals surface area contributed by atoms with Crippen LogP contribution in [0.25, 0.3) is 99.1 Å². The highest BCUT2D eigenvalue weighted by molar-refractivity contribution is 6.23. The highest BCUT2D eigenvalue weighted by Gasteiger charge is 2.21. The predicted molar refractivity (Wildman–Crippen MR) is 277 cm³/mol. The van der Waals surface area contributed by atoms with Crippen LogP contribution in [0.1, 0.15) is 0 Å². The normalized spacial score (nSPS) is 11.3. The Labute approximate surface area is 389 Å².